The van der Waals surface area contributed by atoms with Gasteiger partial charge in [0.1, 0.15) is 5.82 Å². The number of carbonyl (C=O) groups excluding carboxylic acids is 1. The molecule has 3 aromatic rings. The molecular weight excluding hydrogens is 453 g/mol. The van der Waals surface area contributed by atoms with E-state index in [1.807, 2.05) is 41.9 Å². The molecule has 8 heteroatoms. The van der Waals surface area contributed by atoms with Crippen molar-refractivity contribution < 1.29 is 17.6 Å². The minimum atomic E-state index is -3.35. The summed E-state index contributed by atoms with van der Waals surface area (Å²) in [5.41, 5.74) is 4.18. The zero-order valence-corrected chi connectivity index (χ0v) is 21.3. The molecule has 182 valence electrons. The van der Waals surface area contributed by atoms with E-state index in [9.17, 15) is 17.6 Å². The molecule has 0 bridgehead atoms. The Morgan fingerprint density at radius 1 is 1.15 bits per heavy atom. The van der Waals surface area contributed by atoms with E-state index in [0.29, 0.717) is 5.56 Å². The first-order valence-corrected chi connectivity index (χ1v) is 13.2. The molecule has 1 atom stereocenters. The summed E-state index contributed by atoms with van der Waals surface area (Å²) < 4.78 is 39.2. The molecule has 1 amide bonds. The monoisotopic (exact) mass is 485 g/mol. The first kappa shape index (κ1) is 25.6. The van der Waals surface area contributed by atoms with Crippen LogP contribution in [0, 0.1) is 12.7 Å². The molecule has 0 aliphatic heterocycles. The highest BCUT2D eigenvalue weighted by Gasteiger charge is 2.22. The summed E-state index contributed by atoms with van der Waals surface area (Å²) in [6.07, 6.45) is 1.06. The van der Waals surface area contributed by atoms with Crippen molar-refractivity contribution in [2.45, 2.75) is 58.2 Å². The maximum Gasteiger partial charge on any atom is 0.227 e. The van der Waals surface area contributed by atoms with Crippen LogP contribution in [0.1, 0.15) is 61.7 Å². The van der Waals surface area contributed by atoms with E-state index in [1.165, 1.54) is 12.1 Å². The van der Waals surface area contributed by atoms with Crippen LogP contribution in [0.25, 0.3) is 5.69 Å². The van der Waals surface area contributed by atoms with E-state index in [0.717, 1.165) is 28.9 Å². The van der Waals surface area contributed by atoms with Crippen LogP contribution in [-0.2, 0) is 32.3 Å². The first-order valence-electron chi connectivity index (χ1n) is 11.1. The summed E-state index contributed by atoms with van der Waals surface area (Å²) in [5.74, 6) is -1.88. The maximum absolute atomic E-state index is 14.4. The smallest absolute Gasteiger partial charge is 0.227 e. The number of nitrogens with one attached hydrogen (secondary N) is 1. The predicted octanol–water partition coefficient (Wildman–Crippen LogP) is 4.58. The molecule has 0 saturated carbocycles. The average Bonchev–Trinajstić information content (AvgIpc) is 3.17. The quantitative estimate of drug-likeness (QED) is 0.531. The highest BCUT2D eigenvalue weighted by atomic mass is 32.2. The second-order valence-electron chi connectivity index (χ2n) is 9.88. The summed E-state index contributed by atoms with van der Waals surface area (Å²) in [7, 11) is -3.35. The molecule has 0 aliphatic rings. The summed E-state index contributed by atoms with van der Waals surface area (Å²) in [5, 5.41) is 7.73. The van der Waals surface area contributed by atoms with Crippen molar-refractivity contribution in [3.8, 4) is 5.69 Å². The van der Waals surface area contributed by atoms with Gasteiger partial charge in [0.2, 0.25) is 5.91 Å². The lowest BCUT2D eigenvalue weighted by molar-refractivity contribution is -0.122. The lowest BCUT2D eigenvalue weighted by atomic mass is 9.92. The van der Waals surface area contributed by atoms with E-state index in [1.54, 1.807) is 13.0 Å². The van der Waals surface area contributed by atoms with Crippen molar-refractivity contribution in [2.75, 3.05) is 6.26 Å². The van der Waals surface area contributed by atoms with Crippen LogP contribution in [0.15, 0.2) is 48.5 Å². The van der Waals surface area contributed by atoms with E-state index in [-0.39, 0.29) is 29.2 Å². The fourth-order valence-electron chi connectivity index (χ4n) is 3.61. The Kier molecular flexibility index (Phi) is 7.31. The van der Waals surface area contributed by atoms with Crippen molar-refractivity contribution in [1.29, 1.82) is 0 Å². The molecule has 34 heavy (non-hydrogen) atoms. The molecule has 0 spiro atoms. The topological polar surface area (TPSA) is 81.1 Å². The molecule has 0 saturated heterocycles. The van der Waals surface area contributed by atoms with Crippen LogP contribution in [0.4, 0.5) is 4.39 Å². The molecular formula is C26H32FN3O3S. The van der Waals surface area contributed by atoms with Gasteiger partial charge in [0.05, 0.1) is 35.3 Å². The van der Waals surface area contributed by atoms with Gasteiger partial charge in [-0.1, -0.05) is 45.0 Å². The normalized spacial score (nSPS) is 13.0. The molecule has 3 rings (SSSR count). The Bertz CT molecular complexity index is 1310. The maximum atomic E-state index is 14.4. The lowest BCUT2D eigenvalue weighted by Gasteiger charge is -2.15. The van der Waals surface area contributed by atoms with Crippen LogP contribution in [0.3, 0.4) is 0 Å². The lowest BCUT2D eigenvalue weighted by Crippen LogP contribution is -2.28. The van der Waals surface area contributed by atoms with Crippen molar-refractivity contribution in [3.63, 3.8) is 0 Å². The molecule has 0 fully saturated rings. The number of aryl methyl sites for hydroxylation is 1. The summed E-state index contributed by atoms with van der Waals surface area (Å²) in [4.78, 5) is 12.9. The fourth-order valence-corrected chi connectivity index (χ4v) is 4.41. The van der Waals surface area contributed by atoms with Gasteiger partial charge in [0.25, 0.3) is 0 Å². The van der Waals surface area contributed by atoms with Gasteiger partial charge in [0.15, 0.2) is 9.84 Å². The molecule has 1 heterocycles. The predicted molar refractivity (Wildman–Crippen MR) is 132 cm³/mol. The Labute approximate surface area is 201 Å². The third kappa shape index (κ3) is 6.32. The van der Waals surface area contributed by atoms with Gasteiger partial charge >= 0.3 is 0 Å². The molecule has 1 aromatic heterocycles. The zero-order valence-electron chi connectivity index (χ0n) is 20.5. The van der Waals surface area contributed by atoms with Crippen molar-refractivity contribution >= 4 is 15.7 Å². The van der Waals surface area contributed by atoms with Gasteiger partial charge in [-0.3, -0.25) is 4.79 Å². The first-order chi connectivity index (χ1) is 15.7. The van der Waals surface area contributed by atoms with Gasteiger partial charge in [-0.25, -0.2) is 17.5 Å². The van der Waals surface area contributed by atoms with Crippen LogP contribution < -0.4 is 5.32 Å². The van der Waals surface area contributed by atoms with Gasteiger partial charge in [-0.15, -0.1) is 0 Å². The molecule has 0 aliphatic carbocycles. The van der Waals surface area contributed by atoms with Crippen LogP contribution >= 0.6 is 0 Å². The Morgan fingerprint density at radius 3 is 2.44 bits per heavy atom. The number of carbonyl (C=O) groups is 1. The van der Waals surface area contributed by atoms with Gasteiger partial charge in [0, 0.05) is 17.2 Å². The van der Waals surface area contributed by atoms with E-state index >= 15 is 0 Å². The standard InChI is InChI=1S/C26H32FN3O3S/c1-17-8-7-9-21(12-17)30-22(14-24(29-30)26(3,4)5)15-28-25(31)18(2)19-10-11-20(23(27)13-19)16-34(6,32)33/h7-14,18H,15-16H2,1-6H3,(H,28,31). The minimum absolute atomic E-state index is 0.0932. The van der Waals surface area contributed by atoms with Crippen molar-refractivity contribution in [2.24, 2.45) is 0 Å². The van der Waals surface area contributed by atoms with Gasteiger partial charge < -0.3 is 5.32 Å². The summed E-state index contributed by atoms with van der Waals surface area (Å²) >= 11 is 0. The van der Waals surface area contributed by atoms with E-state index in [4.69, 9.17) is 5.10 Å². The number of amides is 1. The molecule has 6 nitrogen and oxygen atoms in total. The van der Waals surface area contributed by atoms with Crippen molar-refractivity contribution in [1.82, 2.24) is 15.1 Å². The number of sulfone groups is 1. The van der Waals surface area contributed by atoms with Crippen LogP contribution in [0.2, 0.25) is 0 Å². The highest BCUT2D eigenvalue weighted by molar-refractivity contribution is 7.89. The van der Waals surface area contributed by atoms with Crippen molar-refractivity contribution in [3.05, 3.63) is 82.4 Å². The third-order valence-corrected chi connectivity index (χ3v) is 6.46. The number of nitrogens with zero attached hydrogens (tertiary/aromatic N) is 2. The van der Waals surface area contributed by atoms with Gasteiger partial charge in [-0.2, -0.15) is 5.10 Å². The Balaban J connectivity index is 1.80. The molecule has 1 N–H and O–H groups in total. The fraction of sp³-hybridized carbons (Fsp3) is 0.385. The molecule has 2 aromatic carbocycles. The Hall–Kier alpha value is -3.00. The average molecular weight is 486 g/mol. The number of hydrogen-bond acceptors (Lipinski definition) is 4. The van der Waals surface area contributed by atoms with E-state index in [2.05, 4.69) is 26.1 Å². The van der Waals surface area contributed by atoms with Crippen LogP contribution in [0.5, 0.6) is 0 Å². The van der Waals surface area contributed by atoms with E-state index < -0.39 is 21.6 Å². The highest BCUT2D eigenvalue weighted by Crippen LogP contribution is 2.25. The number of benzene rings is 2. The molecule has 0 radical (unpaired) electrons. The third-order valence-electron chi connectivity index (χ3n) is 5.63. The minimum Gasteiger partial charge on any atom is -0.350 e. The molecule has 1 unspecified atom stereocenters. The SMILES string of the molecule is Cc1cccc(-n2nc(C(C)(C)C)cc2CNC(=O)C(C)c2ccc(CS(C)(=O)=O)c(F)c2)c1. The number of aromatic nitrogens is 2. The van der Waals surface area contributed by atoms with Crippen LogP contribution in [-0.4, -0.2) is 30.4 Å². The largest absolute Gasteiger partial charge is 0.350 e. The Morgan fingerprint density at radius 2 is 1.85 bits per heavy atom. The second kappa shape index (κ2) is 9.70. The number of halogens is 1. The number of rotatable bonds is 7. The zero-order chi connectivity index (χ0) is 25.3. The summed E-state index contributed by atoms with van der Waals surface area (Å²) in [6, 6.07) is 14.2. The summed E-state index contributed by atoms with van der Waals surface area (Å²) in [6.45, 7) is 10.2. The number of hydrogen-bond donors (Lipinski definition) is 1. The van der Waals surface area contributed by atoms with Gasteiger partial charge in [-0.05, 0) is 49.2 Å². The second-order valence-corrected chi connectivity index (χ2v) is 12.0.